The van der Waals surface area contributed by atoms with Gasteiger partial charge in [-0.15, -0.1) is 0 Å². The Morgan fingerprint density at radius 2 is 2.03 bits per heavy atom. The van der Waals surface area contributed by atoms with Crippen LogP contribution in [0.5, 0.6) is 0 Å². The summed E-state index contributed by atoms with van der Waals surface area (Å²) in [7, 11) is 1.91. The minimum atomic E-state index is -0.323. The molecule has 8 N–H and O–H groups in total. The summed E-state index contributed by atoms with van der Waals surface area (Å²) in [6.45, 7) is 10.9. The predicted octanol–water partition coefficient (Wildman–Crippen LogP) is 4.54. The smallest absolute Gasteiger partial charge is 0.104 e. The summed E-state index contributed by atoms with van der Waals surface area (Å²) in [6, 6.07) is 7.92. The molecule has 0 radical (unpaired) electrons. The first kappa shape index (κ1) is 27.7. The second-order valence-electron chi connectivity index (χ2n) is 8.91. The molecule has 0 bridgehead atoms. The van der Waals surface area contributed by atoms with Gasteiger partial charge in [-0.1, -0.05) is 63.3 Å². The molecule has 0 fully saturated rings. The molecule has 1 aliphatic rings. The van der Waals surface area contributed by atoms with Crippen molar-refractivity contribution in [1.29, 1.82) is 0 Å². The molecule has 0 amide bonds. The maximum absolute atomic E-state index is 6.82. The monoisotopic (exact) mass is 464 g/mol. The number of nitrogens with zero attached hydrogens (tertiary/aromatic N) is 1. The topological polar surface area (TPSA) is 114 Å². The van der Waals surface area contributed by atoms with Crippen LogP contribution in [0.4, 0.5) is 5.69 Å². The van der Waals surface area contributed by atoms with Gasteiger partial charge >= 0.3 is 0 Å². The molecule has 6 nitrogen and oxygen atoms in total. The first-order valence-electron chi connectivity index (χ1n) is 12.4. The van der Waals surface area contributed by atoms with Crippen molar-refractivity contribution in [3.63, 3.8) is 0 Å². The molecule has 1 aromatic carbocycles. The van der Waals surface area contributed by atoms with Gasteiger partial charge in [0.2, 0.25) is 0 Å². The lowest BCUT2D eigenvalue weighted by Crippen LogP contribution is -2.32. The van der Waals surface area contributed by atoms with Gasteiger partial charge in [0.15, 0.2) is 0 Å². The van der Waals surface area contributed by atoms with Crippen molar-refractivity contribution < 1.29 is 0 Å². The van der Waals surface area contributed by atoms with E-state index in [1.165, 1.54) is 5.57 Å². The Kier molecular flexibility index (Phi) is 11.4. The number of hydrogen-bond donors (Lipinski definition) is 5. The summed E-state index contributed by atoms with van der Waals surface area (Å²) in [5.41, 5.74) is 26.0. The zero-order chi connectivity index (χ0) is 25.1. The largest absolute Gasteiger partial charge is 0.366 e. The molecule has 0 saturated carbocycles. The minimum Gasteiger partial charge on any atom is -0.366 e. The molecule has 0 spiro atoms. The zero-order valence-corrected chi connectivity index (χ0v) is 21.4. The molecule has 1 aliphatic carbocycles. The van der Waals surface area contributed by atoms with Gasteiger partial charge in [-0.05, 0) is 67.6 Å². The highest BCUT2D eigenvalue weighted by molar-refractivity contribution is 5.84. The van der Waals surface area contributed by atoms with E-state index in [2.05, 4.69) is 66.4 Å². The van der Waals surface area contributed by atoms with Crippen LogP contribution in [0.2, 0.25) is 0 Å². The van der Waals surface area contributed by atoms with Gasteiger partial charge in [-0.2, -0.15) is 0 Å². The Morgan fingerprint density at radius 1 is 1.26 bits per heavy atom. The fourth-order valence-electron chi connectivity index (χ4n) is 4.26. The molecule has 0 saturated heterocycles. The number of unbranched alkanes of at least 4 members (excludes halogenated alkanes) is 1. The van der Waals surface area contributed by atoms with E-state index >= 15 is 0 Å². The number of nitrogens with one attached hydrogen (secondary N) is 2. The van der Waals surface area contributed by atoms with Crippen LogP contribution in [0.15, 0.2) is 76.9 Å². The molecule has 186 valence electrons. The van der Waals surface area contributed by atoms with Crippen molar-refractivity contribution >= 4 is 11.4 Å². The van der Waals surface area contributed by atoms with Crippen LogP contribution in [0.25, 0.3) is 0 Å². The summed E-state index contributed by atoms with van der Waals surface area (Å²) in [5, 5.41) is 6.51. The molecule has 1 aromatic rings. The fourth-order valence-corrected chi connectivity index (χ4v) is 4.26. The highest BCUT2D eigenvalue weighted by atomic mass is 15.0. The Hall–Kier alpha value is -2.51. The summed E-state index contributed by atoms with van der Waals surface area (Å²) in [6.07, 6.45) is 11.7. The normalized spacial score (nSPS) is 19.7. The Labute approximate surface area is 206 Å². The SMILES string of the molecule is C=C/C(=C\CCC)C(N)Nc1cccc(C(N)C2=CC(C(N)N=C(C)CNC)CC=C2CC)c1. The number of allylic oxidation sites excluding steroid dienone is 2. The molecule has 4 unspecified atom stereocenters. The van der Waals surface area contributed by atoms with Crippen molar-refractivity contribution in [2.75, 3.05) is 18.9 Å². The van der Waals surface area contributed by atoms with Crippen molar-refractivity contribution in [1.82, 2.24) is 5.32 Å². The predicted molar refractivity (Wildman–Crippen MR) is 148 cm³/mol. The van der Waals surface area contributed by atoms with E-state index in [9.17, 15) is 0 Å². The van der Waals surface area contributed by atoms with E-state index < -0.39 is 0 Å². The van der Waals surface area contributed by atoms with Gasteiger partial charge in [0.25, 0.3) is 0 Å². The average molecular weight is 465 g/mol. The summed E-state index contributed by atoms with van der Waals surface area (Å²) >= 11 is 0. The summed E-state index contributed by atoms with van der Waals surface area (Å²) < 4.78 is 0. The van der Waals surface area contributed by atoms with E-state index in [0.717, 1.165) is 60.3 Å². The molecule has 0 aromatic heterocycles. The Morgan fingerprint density at radius 3 is 2.68 bits per heavy atom. The Bertz CT molecular complexity index is 927. The van der Waals surface area contributed by atoms with Crippen molar-refractivity contribution in [3.05, 3.63) is 77.4 Å². The first-order valence-corrected chi connectivity index (χ1v) is 12.4. The van der Waals surface area contributed by atoms with Crippen LogP contribution in [0.1, 0.15) is 58.1 Å². The Balaban J connectivity index is 2.25. The van der Waals surface area contributed by atoms with E-state index in [1.54, 1.807) is 0 Å². The summed E-state index contributed by atoms with van der Waals surface area (Å²) in [5.74, 6) is 0.122. The van der Waals surface area contributed by atoms with E-state index in [-0.39, 0.29) is 24.3 Å². The molecular weight excluding hydrogens is 420 g/mol. The molecule has 4 atom stereocenters. The van der Waals surface area contributed by atoms with Crippen LogP contribution in [-0.2, 0) is 0 Å². The number of benzene rings is 1. The van der Waals surface area contributed by atoms with E-state index in [0.29, 0.717) is 0 Å². The fraction of sp³-hybridized carbons (Fsp3) is 0.464. The van der Waals surface area contributed by atoms with Crippen LogP contribution < -0.4 is 27.8 Å². The van der Waals surface area contributed by atoms with Crippen LogP contribution >= 0.6 is 0 Å². The van der Waals surface area contributed by atoms with Crippen LogP contribution in [0, 0.1) is 5.92 Å². The lowest BCUT2D eigenvalue weighted by Gasteiger charge is -2.28. The highest BCUT2D eigenvalue weighted by Gasteiger charge is 2.24. The third kappa shape index (κ3) is 7.77. The number of hydrogen-bond acceptors (Lipinski definition) is 6. The first-order chi connectivity index (χ1) is 16.3. The van der Waals surface area contributed by atoms with E-state index in [4.69, 9.17) is 17.2 Å². The number of rotatable bonds is 13. The average Bonchev–Trinajstić information content (AvgIpc) is 2.83. The lowest BCUT2D eigenvalue weighted by molar-refractivity contribution is 0.509. The van der Waals surface area contributed by atoms with Crippen molar-refractivity contribution in [2.45, 2.75) is 64.8 Å². The maximum Gasteiger partial charge on any atom is 0.104 e. The maximum atomic E-state index is 6.82. The molecule has 0 aliphatic heterocycles. The molecular formula is C28H44N6. The third-order valence-electron chi connectivity index (χ3n) is 6.19. The third-order valence-corrected chi connectivity index (χ3v) is 6.19. The van der Waals surface area contributed by atoms with Crippen molar-refractivity contribution in [3.8, 4) is 0 Å². The highest BCUT2D eigenvalue weighted by Crippen LogP contribution is 2.35. The molecule has 34 heavy (non-hydrogen) atoms. The zero-order valence-electron chi connectivity index (χ0n) is 21.4. The molecule has 2 rings (SSSR count). The molecule has 6 heteroatoms. The van der Waals surface area contributed by atoms with Gasteiger partial charge in [0, 0.05) is 23.9 Å². The minimum absolute atomic E-state index is 0.122. The van der Waals surface area contributed by atoms with Gasteiger partial charge < -0.3 is 27.8 Å². The second-order valence-corrected chi connectivity index (χ2v) is 8.91. The van der Waals surface area contributed by atoms with Gasteiger partial charge in [0.1, 0.15) is 12.3 Å². The van der Waals surface area contributed by atoms with Crippen LogP contribution in [-0.4, -0.2) is 31.6 Å². The number of anilines is 1. The molecule has 0 heterocycles. The lowest BCUT2D eigenvalue weighted by atomic mass is 9.82. The van der Waals surface area contributed by atoms with Crippen LogP contribution in [0.3, 0.4) is 0 Å². The second kappa shape index (κ2) is 14.0. The van der Waals surface area contributed by atoms with Gasteiger partial charge in [-0.25, -0.2) is 0 Å². The number of nitrogens with two attached hydrogens (primary N) is 3. The number of aliphatic imine (C=N–C) groups is 1. The van der Waals surface area contributed by atoms with Gasteiger partial charge in [-0.3, -0.25) is 4.99 Å². The van der Waals surface area contributed by atoms with Crippen molar-refractivity contribution in [2.24, 2.45) is 28.1 Å². The summed E-state index contributed by atoms with van der Waals surface area (Å²) in [4.78, 5) is 4.68. The quantitative estimate of drug-likeness (QED) is 0.167. The standard InChI is InChI=1S/C28H44N6/c1-6-9-11-21(8-3)27(30)34-24-13-10-12-22(16-24)26(29)25-17-23(15-14-20(25)7-2)28(31)33-19(4)18-32-5/h8,10-14,16-17,23,26-28,32,34H,3,6-7,9,15,18,29-31H2,1-2,4-5H3/b21-11+,33-19?. The van der Waals surface area contributed by atoms with E-state index in [1.807, 2.05) is 32.2 Å². The van der Waals surface area contributed by atoms with Gasteiger partial charge in [0.05, 0.1) is 6.04 Å².